The summed E-state index contributed by atoms with van der Waals surface area (Å²) in [6.45, 7) is 8.98. The highest BCUT2D eigenvalue weighted by Gasteiger charge is 2.04. The number of aryl methyl sites for hydroxylation is 2. The normalized spacial score (nSPS) is 11.1. The van der Waals surface area contributed by atoms with Gasteiger partial charge >= 0.3 is 0 Å². The van der Waals surface area contributed by atoms with Gasteiger partial charge in [-0.2, -0.15) is 0 Å². The highest BCUT2D eigenvalue weighted by Crippen LogP contribution is 2.10. The first-order valence-electron chi connectivity index (χ1n) is 7.03. The van der Waals surface area contributed by atoms with Gasteiger partial charge in [-0.25, -0.2) is 9.98 Å². The molecule has 0 bridgehead atoms. The van der Waals surface area contributed by atoms with Crippen molar-refractivity contribution in [1.82, 2.24) is 30.4 Å². The van der Waals surface area contributed by atoms with Gasteiger partial charge in [0.1, 0.15) is 17.9 Å². The van der Waals surface area contributed by atoms with Crippen LogP contribution in [0.1, 0.15) is 29.6 Å². The fraction of sp³-hybridized carbons (Fsp3) is 0.538. The quantitative estimate of drug-likeness (QED) is 0.412. The third-order valence-electron chi connectivity index (χ3n) is 2.84. The molecule has 0 atom stereocenters. The van der Waals surface area contributed by atoms with E-state index in [2.05, 4.69) is 44.7 Å². The number of aliphatic imine (C=N–C) groups is 1. The first-order valence-corrected chi connectivity index (χ1v) is 7.84. The van der Waals surface area contributed by atoms with Gasteiger partial charge in [0.15, 0.2) is 11.8 Å². The Labute approximate surface area is 151 Å². The van der Waals surface area contributed by atoms with Crippen LogP contribution in [0.5, 0.6) is 0 Å². The van der Waals surface area contributed by atoms with Crippen molar-refractivity contribution in [3.05, 3.63) is 28.2 Å². The molecule has 0 fully saturated rings. The standard InChI is InChI=1S/C13H21N7S.HI/c1-4-14-13(17-8-12-15-6-10(3)21-12)16-7-11-19-18-9-20(11)5-2;/h6,9H,4-5,7-8H2,1-3H3,(H2,14,16,17);1H. The van der Waals surface area contributed by atoms with E-state index in [0.717, 1.165) is 29.9 Å². The number of nitrogens with one attached hydrogen (secondary N) is 2. The van der Waals surface area contributed by atoms with E-state index in [9.17, 15) is 0 Å². The van der Waals surface area contributed by atoms with Gasteiger partial charge in [0, 0.05) is 24.2 Å². The fourth-order valence-electron chi connectivity index (χ4n) is 1.80. The molecule has 0 aliphatic carbocycles. The van der Waals surface area contributed by atoms with Crippen LogP contribution in [0.4, 0.5) is 0 Å². The highest BCUT2D eigenvalue weighted by molar-refractivity contribution is 14.0. The molecule has 0 radical (unpaired) electrons. The Morgan fingerprint density at radius 3 is 2.82 bits per heavy atom. The van der Waals surface area contributed by atoms with Crippen molar-refractivity contribution in [3.63, 3.8) is 0 Å². The van der Waals surface area contributed by atoms with Crippen molar-refractivity contribution in [1.29, 1.82) is 0 Å². The lowest BCUT2D eigenvalue weighted by molar-refractivity contribution is 0.694. The molecule has 122 valence electrons. The molecule has 0 aliphatic heterocycles. The summed E-state index contributed by atoms with van der Waals surface area (Å²) in [5.74, 6) is 1.62. The summed E-state index contributed by atoms with van der Waals surface area (Å²) in [7, 11) is 0. The molecule has 2 heterocycles. The molecule has 0 aromatic carbocycles. The maximum atomic E-state index is 4.53. The highest BCUT2D eigenvalue weighted by atomic mass is 127. The Kier molecular flexibility index (Phi) is 8.31. The Balaban J connectivity index is 0.00000242. The number of nitrogens with zero attached hydrogens (tertiary/aromatic N) is 5. The van der Waals surface area contributed by atoms with Crippen LogP contribution in [0.25, 0.3) is 0 Å². The molecule has 0 amide bonds. The maximum absolute atomic E-state index is 4.53. The monoisotopic (exact) mass is 435 g/mol. The minimum Gasteiger partial charge on any atom is -0.357 e. The summed E-state index contributed by atoms with van der Waals surface area (Å²) >= 11 is 1.69. The number of hydrogen-bond donors (Lipinski definition) is 2. The number of guanidine groups is 1. The number of hydrogen-bond acceptors (Lipinski definition) is 5. The Morgan fingerprint density at radius 1 is 1.36 bits per heavy atom. The SMILES string of the molecule is CCNC(=NCc1nncn1CC)NCc1ncc(C)s1.I. The van der Waals surface area contributed by atoms with Gasteiger partial charge in [0.25, 0.3) is 0 Å². The molecule has 2 N–H and O–H groups in total. The molecular weight excluding hydrogens is 413 g/mol. The van der Waals surface area contributed by atoms with Gasteiger partial charge in [0.05, 0.1) is 6.54 Å². The van der Waals surface area contributed by atoms with Gasteiger partial charge in [-0.1, -0.05) is 0 Å². The maximum Gasteiger partial charge on any atom is 0.192 e. The predicted molar refractivity (Wildman–Crippen MR) is 99.6 cm³/mol. The zero-order valence-electron chi connectivity index (χ0n) is 13.0. The van der Waals surface area contributed by atoms with E-state index in [-0.39, 0.29) is 24.0 Å². The second-order valence-corrected chi connectivity index (χ2v) is 5.77. The van der Waals surface area contributed by atoms with Crippen LogP contribution in [-0.4, -0.2) is 32.3 Å². The van der Waals surface area contributed by atoms with Gasteiger partial charge in [-0.15, -0.1) is 45.5 Å². The van der Waals surface area contributed by atoms with Crippen LogP contribution in [0.3, 0.4) is 0 Å². The molecule has 2 rings (SSSR count). The smallest absolute Gasteiger partial charge is 0.192 e. The second-order valence-electron chi connectivity index (χ2n) is 4.45. The van der Waals surface area contributed by atoms with Crippen molar-refractivity contribution in [2.24, 2.45) is 4.99 Å². The van der Waals surface area contributed by atoms with Crippen molar-refractivity contribution < 1.29 is 0 Å². The van der Waals surface area contributed by atoms with Crippen LogP contribution >= 0.6 is 35.3 Å². The van der Waals surface area contributed by atoms with Gasteiger partial charge in [-0.3, -0.25) is 0 Å². The van der Waals surface area contributed by atoms with E-state index in [1.807, 2.05) is 17.7 Å². The summed E-state index contributed by atoms with van der Waals surface area (Å²) < 4.78 is 1.98. The molecule has 2 aromatic heterocycles. The van der Waals surface area contributed by atoms with Crippen LogP contribution in [-0.2, 0) is 19.6 Å². The topological polar surface area (TPSA) is 80.0 Å². The average Bonchev–Trinajstić information content (AvgIpc) is 3.10. The molecule has 0 spiro atoms. The summed E-state index contributed by atoms with van der Waals surface area (Å²) in [6.07, 6.45) is 3.61. The summed E-state index contributed by atoms with van der Waals surface area (Å²) in [5.41, 5.74) is 0. The minimum atomic E-state index is 0. The number of aromatic nitrogens is 4. The summed E-state index contributed by atoms with van der Waals surface area (Å²) in [6, 6.07) is 0. The third kappa shape index (κ3) is 5.52. The largest absolute Gasteiger partial charge is 0.357 e. The van der Waals surface area contributed by atoms with E-state index in [1.54, 1.807) is 17.7 Å². The van der Waals surface area contributed by atoms with Crippen molar-refractivity contribution >= 4 is 41.3 Å². The van der Waals surface area contributed by atoms with E-state index in [0.29, 0.717) is 13.1 Å². The molecule has 9 heteroatoms. The zero-order chi connectivity index (χ0) is 15.1. The van der Waals surface area contributed by atoms with E-state index >= 15 is 0 Å². The van der Waals surface area contributed by atoms with Crippen LogP contribution in [0, 0.1) is 6.92 Å². The van der Waals surface area contributed by atoms with E-state index < -0.39 is 0 Å². The lowest BCUT2D eigenvalue weighted by atomic mass is 10.5. The minimum absolute atomic E-state index is 0. The van der Waals surface area contributed by atoms with Crippen LogP contribution < -0.4 is 10.6 Å². The molecular formula is C13H22IN7S. The Hall–Kier alpha value is -1.23. The number of rotatable bonds is 6. The lowest BCUT2D eigenvalue weighted by Gasteiger charge is -2.10. The van der Waals surface area contributed by atoms with Crippen LogP contribution in [0.2, 0.25) is 0 Å². The molecule has 22 heavy (non-hydrogen) atoms. The zero-order valence-corrected chi connectivity index (χ0v) is 16.2. The van der Waals surface area contributed by atoms with E-state index in [1.165, 1.54) is 4.88 Å². The fourth-order valence-corrected chi connectivity index (χ4v) is 2.53. The molecule has 0 unspecified atom stereocenters. The molecule has 0 saturated heterocycles. The first-order chi connectivity index (χ1) is 10.2. The van der Waals surface area contributed by atoms with Gasteiger partial charge in [-0.05, 0) is 20.8 Å². The average molecular weight is 435 g/mol. The predicted octanol–water partition coefficient (Wildman–Crippen LogP) is 1.94. The molecule has 7 nitrogen and oxygen atoms in total. The molecule has 0 saturated carbocycles. The Bertz CT molecular complexity index is 593. The third-order valence-corrected chi connectivity index (χ3v) is 3.75. The molecule has 2 aromatic rings. The van der Waals surface area contributed by atoms with Crippen molar-refractivity contribution in [2.75, 3.05) is 6.54 Å². The van der Waals surface area contributed by atoms with E-state index in [4.69, 9.17) is 0 Å². The summed E-state index contributed by atoms with van der Waals surface area (Å²) in [4.78, 5) is 10.1. The number of halogens is 1. The van der Waals surface area contributed by atoms with Crippen molar-refractivity contribution in [2.45, 2.75) is 40.4 Å². The lowest BCUT2D eigenvalue weighted by Crippen LogP contribution is -2.36. The first kappa shape index (κ1) is 18.8. The Morgan fingerprint density at radius 2 is 2.18 bits per heavy atom. The van der Waals surface area contributed by atoms with Gasteiger partial charge < -0.3 is 15.2 Å². The number of thiazole rings is 1. The van der Waals surface area contributed by atoms with Gasteiger partial charge in [0.2, 0.25) is 0 Å². The van der Waals surface area contributed by atoms with Crippen LogP contribution in [0.15, 0.2) is 17.5 Å². The molecule has 0 aliphatic rings. The van der Waals surface area contributed by atoms with Crippen molar-refractivity contribution in [3.8, 4) is 0 Å². The summed E-state index contributed by atoms with van der Waals surface area (Å²) in [5, 5.41) is 15.5. The second kappa shape index (κ2) is 9.72.